The number of hydrogen-bond acceptors (Lipinski definition) is 5. The molecular weight excluding hydrogens is 234 g/mol. The maximum atomic E-state index is 5.82. The van der Waals surface area contributed by atoms with E-state index in [4.69, 9.17) is 10.5 Å². The third-order valence-electron chi connectivity index (χ3n) is 2.34. The minimum absolute atomic E-state index is 0.542. The molecule has 1 aromatic heterocycles. The summed E-state index contributed by atoms with van der Waals surface area (Å²) < 4.78 is 5.51. The van der Waals surface area contributed by atoms with Gasteiger partial charge in [-0.3, -0.25) is 0 Å². The van der Waals surface area contributed by atoms with Crippen molar-refractivity contribution in [2.75, 3.05) is 42.8 Å². The molecule has 1 rings (SSSR count). The van der Waals surface area contributed by atoms with Crippen LogP contribution in [0.5, 0.6) is 5.88 Å². The second kappa shape index (κ2) is 7.27. The molecule has 96 valence electrons. The Morgan fingerprint density at radius 2 is 2.24 bits per heavy atom. The van der Waals surface area contributed by atoms with Gasteiger partial charge < -0.3 is 15.4 Å². The first-order valence-electron chi connectivity index (χ1n) is 5.78. The largest absolute Gasteiger partial charge is 0.476 e. The molecule has 0 aliphatic rings. The fourth-order valence-electron chi connectivity index (χ4n) is 1.31. The lowest BCUT2D eigenvalue weighted by atomic mass is 10.4. The van der Waals surface area contributed by atoms with Crippen molar-refractivity contribution in [2.24, 2.45) is 0 Å². The number of hydrogen-bond donors (Lipinski definition) is 1. The van der Waals surface area contributed by atoms with E-state index < -0.39 is 0 Å². The van der Waals surface area contributed by atoms with E-state index >= 15 is 0 Å². The Kier molecular flexibility index (Phi) is 5.97. The molecule has 0 aromatic carbocycles. The minimum Gasteiger partial charge on any atom is -0.476 e. The number of nitrogens with zero attached hydrogens (tertiary/aromatic N) is 2. The lowest BCUT2D eigenvalue weighted by molar-refractivity contribution is 0.307. The first-order valence-corrected chi connectivity index (χ1v) is 7.17. The molecule has 0 aliphatic carbocycles. The number of nitrogens with two attached hydrogens (primary N) is 1. The highest BCUT2D eigenvalue weighted by atomic mass is 32.2. The molecule has 0 saturated carbocycles. The fraction of sp³-hybridized carbons (Fsp3) is 0.583. The van der Waals surface area contributed by atoms with Gasteiger partial charge >= 0.3 is 0 Å². The van der Waals surface area contributed by atoms with Gasteiger partial charge in [0, 0.05) is 19.3 Å². The Labute approximate surface area is 108 Å². The van der Waals surface area contributed by atoms with Crippen molar-refractivity contribution in [1.29, 1.82) is 0 Å². The first kappa shape index (κ1) is 14.0. The van der Waals surface area contributed by atoms with Crippen LogP contribution in [0.4, 0.5) is 11.5 Å². The number of aromatic nitrogens is 1. The molecule has 0 spiro atoms. The van der Waals surface area contributed by atoms with E-state index in [0.29, 0.717) is 18.2 Å². The summed E-state index contributed by atoms with van der Waals surface area (Å²) in [4.78, 5) is 6.54. The quantitative estimate of drug-likeness (QED) is 0.810. The minimum atomic E-state index is 0.542. The smallest absolute Gasteiger partial charge is 0.239 e. The highest BCUT2D eigenvalue weighted by Gasteiger charge is 2.07. The Balaban J connectivity index is 2.72. The van der Waals surface area contributed by atoms with Crippen LogP contribution in [0.2, 0.25) is 0 Å². The summed E-state index contributed by atoms with van der Waals surface area (Å²) in [7, 11) is 2.03. The van der Waals surface area contributed by atoms with E-state index in [0.717, 1.165) is 24.5 Å². The zero-order chi connectivity index (χ0) is 12.7. The molecule has 5 heteroatoms. The van der Waals surface area contributed by atoms with Gasteiger partial charge in [0.05, 0.1) is 12.3 Å². The van der Waals surface area contributed by atoms with Crippen molar-refractivity contribution in [3.63, 3.8) is 0 Å². The van der Waals surface area contributed by atoms with Crippen LogP contribution in [0, 0.1) is 0 Å². The van der Waals surface area contributed by atoms with Gasteiger partial charge in [-0.2, -0.15) is 16.7 Å². The van der Waals surface area contributed by atoms with Crippen LogP contribution in [0.3, 0.4) is 0 Å². The Morgan fingerprint density at radius 3 is 2.88 bits per heavy atom. The molecule has 4 nitrogen and oxygen atoms in total. The standard InChI is InChI=1S/C12H21N3OS/c1-4-8-16-12-10(13)5-6-11(14-12)15(2)7-9-17-3/h5-6H,4,7-9,13H2,1-3H3. The van der Waals surface area contributed by atoms with Gasteiger partial charge in [-0.25, -0.2) is 0 Å². The Hall–Kier alpha value is -1.10. The number of thioether (sulfide) groups is 1. The number of nitrogen functional groups attached to an aromatic ring is 1. The summed E-state index contributed by atoms with van der Waals surface area (Å²) in [6.45, 7) is 3.67. The Morgan fingerprint density at radius 1 is 1.47 bits per heavy atom. The van der Waals surface area contributed by atoms with Crippen molar-refractivity contribution in [3.05, 3.63) is 12.1 Å². The maximum absolute atomic E-state index is 5.82. The molecule has 17 heavy (non-hydrogen) atoms. The van der Waals surface area contributed by atoms with Gasteiger partial charge in [-0.15, -0.1) is 0 Å². The third-order valence-corrected chi connectivity index (χ3v) is 2.93. The van der Waals surface area contributed by atoms with Crippen molar-refractivity contribution >= 4 is 23.3 Å². The van der Waals surface area contributed by atoms with Crippen LogP contribution in [0.1, 0.15) is 13.3 Å². The van der Waals surface area contributed by atoms with Crippen LogP contribution in [-0.2, 0) is 0 Å². The molecular formula is C12H21N3OS. The summed E-state index contributed by atoms with van der Waals surface area (Å²) in [5.74, 6) is 2.52. The molecule has 0 atom stereocenters. The Bertz CT molecular complexity index is 347. The SMILES string of the molecule is CCCOc1nc(N(C)CCSC)ccc1N. The molecule has 1 heterocycles. The van der Waals surface area contributed by atoms with E-state index in [9.17, 15) is 0 Å². The summed E-state index contributed by atoms with van der Waals surface area (Å²) in [5.41, 5.74) is 6.42. The fourth-order valence-corrected chi connectivity index (χ4v) is 1.77. The average molecular weight is 255 g/mol. The van der Waals surface area contributed by atoms with Crippen LogP contribution >= 0.6 is 11.8 Å². The van der Waals surface area contributed by atoms with E-state index in [2.05, 4.69) is 23.1 Å². The molecule has 0 aliphatic heterocycles. The van der Waals surface area contributed by atoms with Crippen molar-refractivity contribution in [2.45, 2.75) is 13.3 Å². The molecule has 0 bridgehead atoms. The molecule has 0 amide bonds. The summed E-state index contributed by atoms with van der Waals surface area (Å²) in [5, 5.41) is 0. The lowest BCUT2D eigenvalue weighted by Gasteiger charge is -2.18. The van der Waals surface area contributed by atoms with Gasteiger partial charge in [0.1, 0.15) is 5.82 Å². The number of anilines is 2. The zero-order valence-electron chi connectivity index (χ0n) is 10.8. The van der Waals surface area contributed by atoms with Crippen LogP contribution in [0.15, 0.2) is 12.1 Å². The molecule has 0 unspecified atom stereocenters. The number of rotatable bonds is 7. The first-order chi connectivity index (χ1) is 8.19. The molecule has 0 fully saturated rings. The van der Waals surface area contributed by atoms with E-state index in [1.165, 1.54) is 0 Å². The summed E-state index contributed by atoms with van der Waals surface area (Å²) >= 11 is 1.82. The molecule has 0 saturated heterocycles. The van der Waals surface area contributed by atoms with Crippen LogP contribution < -0.4 is 15.4 Å². The van der Waals surface area contributed by atoms with E-state index in [1.807, 2.05) is 30.9 Å². The van der Waals surface area contributed by atoms with Crippen LogP contribution in [-0.4, -0.2) is 37.2 Å². The normalized spacial score (nSPS) is 10.3. The van der Waals surface area contributed by atoms with Gasteiger partial charge in [0.15, 0.2) is 0 Å². The van der Waals surface area contributed by atoms with Crippen LogP contribution in [0.25, 0.3) is 0 Å². The lowest BCUT2D eigenvalue weighted by Crippen LogP contribution is -2.21. The third kappa shape index (κ3) is 4.34. The van der Waals surface area contributed by atoms with Crippen molar-refractivity contribution in [1.82, 2.24) is 4.98 Å². The highest BCUT2D eigenvalue weighted by Crippen LogP contribution is 2.22. The van der Waals surface area contributed by atoms with Gasteiger partial charge in [-0.05, 0) is 24.8 Å². The van der Waals surface area contributed by atoms with E-state index in [-0.39, 0.29) is 0 Å². The second-order valence-electron chi connectivity index (χ2n) is 3.83. The predicted octanol–water partition coefficient (Wildman–Crippen LogP) is 2.25. The highest BCUT2D eigenvalue weighted by molar-refractivity contribution is 7.98. The van der Waals surface area contributed by atoms with Gasteiger partial charge in [-0.1, -0.05) is 6.92 Å². The number of ether oxygens (including phenoxy) is 1. The second-order valence-corrected chi connectivity index (χ2v) is 4.81. The number of pyridine rings is 1. The van der Waals surface area contributed by atoms with Gasteiger partial charge in [0.2, 0.25) is 5.88 Å². The van der Waals surface area contributed by atoms with Gasteiger partial charge in [0.25, 0.3) is 0 Å². The summed E-state index contributed by atoms with van der Waals surface area (Å²) in [6, 6.07) is 3.78. The molecule has 1 aromatic rings. The molecule has 0 radical (unpaired) electrons. The summed E-state index contributed by atoms with van der Waals surface area (Å²) in [6.07, 6.45) is 3.05. The predicted molar refractivity (Wildman–Crippen MR) is 76.1 cm³/mol. The van der Waals surface area contributed by atoms with E-state index in [1.54, 1.807) is 0 Å². The molecule has 2 N–H and O–H groups in total. The topological polar surface area (TPSA) is 51.4 Å². The van der Waals surface area contributed by atoms with Crippen molar-refractivity contribution in [3.8, 4) is 5.88 Å². The van der Waals surface area contributed by atoms with Crippen molar-refractivity contribution < 1.29 is 4.74 Å². The average Bonchev–Trinajstić information content (AvgIpc) is 2.35. The maximum Gasteiger partial charge on any atom is 0.239 e. The monoisotopic (exact) mass is 255 g/mol. The zero-order valence-corrected chi connectivity index (χ0v) is 11.6.